The van der Waals surface area contributed by atoms with Crippen molar-refractivity contribution in [3.05, 3.63) is 51.9 Å². The number of carbonyl (C=O) groups is 2. The van der Waals surface area contributed by atoms with Crippen LogP contribution in [0.15, 0.2) is 34.9 Å². The molecule has 1 aromatic carbocycles. The van der Waals surface area contributed by atoms with Gasteiger partial charge in [0.1, 0.15) is 6.07 Å². The van der Waals surface area contributed by atoms with Crippen LogP contribution in [0, 0.1) is 17.2 Å². The standard InChI is InChI=1S/C30H41BrN8O.C2HF3O2/c1-36-13-5-6-24(20-36)22-38-16-14-37(15-17-38)21-23-9-11-25(12-10-23)30(40)35-39(26-7-3-2-4-8-26)29-27(31)19-33-28(18-32)34-29;3-2(4,5)1(6)7/h9-12,19,24,26H,2-8,13-17,20-22H2,1H3,(H,35,40);(H,6,7). The largest absolute Gasteiger partial charge is 0.490 e. The van der Waals surface area contributed by atoms with Crippen LogP contribution in [0.4, 0.5) is 19.0 Å². The van der Waals surface area contributed by atoms with Gasteiger partial charge in [0.05, 0.1) is 10.5 Å². The number of anilines is 1. The molecule has 256 valence electrons. The summed E-state index contributed by atoms with van der Waals surface area (Å²) < 4.78 is 32.4. The van der Waals surface area contributed by atoms with Crippen LogP contribution in [-0.2, 0) is 11.3 Å². The summed E-state index contributed by atoms with van der Waals surface area (Å²) in [5.74, 6) is -1.52. The number of aromatic nitrogens is 2. The zero-order valence-corrected chi connectivity index (χ0v) is 28.1. The summed E-state index contributed by atoms with van der Waals surface area (Å²) in [6.45, 7) is 9.03. The van der Waals surface area contributed by atoms with Crippen LogP contribution in [0.2, 0.25) is 0 Å². The number of amides is 1. The molecule has 15 heteroatoms. The van der Waals surface area contributed by atoms with Gasteiger partial charge in [-0.25, -0.2) is 9.78 Å². The third-order valence-electron chi connectivity index (χ3n) is 8.78. The van der Waals surface area contributed by atoms with Crippen molar-refractivity contribution in [2.75, 3.05) is 57.9 Å². The van der Waals surface area contributed by atoms with Gasteiger partial charge in [-0.15, -0.1) is 0 Å². The first kappa shape index (κ1) is 36.5. The molecule has 1 aromatic heterocycles. The molecular formula is C32H42BrF3N8O3. The Morgan fingerprint density at radius 1 is 1.04 bits per heavy atom. The van der Waals surface area contributed by atoms with E-state index in [0.717, 1.165) is 64.3 Å². The SMILES string of the molecule is CN1CCCC(CN2CCN(Cc3ccc(C(=O)NN(c4nc(C#N)ncc4Br)C4CCCCC4)cc3)CC2)C1.O=C(O)C(F)(F)F. The van der Waals surface area contributed by atoms with Gasteiger partial charge in [0.2, 0.25) is 5.82 Å². The molecule has 3 heterocycles. The van der Waals surface area contributed by atoms with Crippen LogP contribution in [0.3, 0.4) is 0 Å². The number of aliphatic carboxylic acids is 1. The van der Waals surface area contributed by atoms with Gasteiger partial charge < -0.3 is 14.9 Å². The van der Waals surface area contributed by atoms with E-state index in [1.807, 2.05) is 23.2 Å². The van der Waals surface area contributed by atoms with Crippen LogP contribution in [0.1, 0.15) is 66.7 Å². The molecule has 1 atom stereocenters. The van der Waals surface area contributed by atoms with Crippen LogP contribution in [0.25, 0.3) is 0 Å². The second-order valence-corrected chi connectivity index (χ2v) is 13.3. The minimum atomic E-state index is -5.08. The predicted octanol–water partition coefficient (Wildman–Crippen LogP) is 4.69. The summed E-state index contributed by atoms with van der Waals surface area (Å²) in [6, 6.07) is 10.1. The number of nitriles is 1. The van der Waals surface area contributed by atoms with Gasteiger partial charge in [-0.1, -0.05) is 31.4 Å². The zero-order chi connectivity index (χ0) is 34.0. The van der Waals surface area contributed by atoms with E-state index in [4.69, 9.17) is 9.90 Å². The second kappa shape index (κ2) is 17.2. The topological polar surface area (TPSA) is 129 Å². The number of alkyl halides is 3. The fourth-order valence-corrected chi connectivity index (χ4v) is 6.73. The van der Waals surface area contributed by atoms with Crippen LogP contribution < -0.4 is 10.4 Å². The Balaban J connectivity index is 0.000000644. The Bertz CT molecular complexity index is 1380. The molecule has 3 fully saturated rings. The van der Waals surface area contributed by atoms with Gasteiger partial charge in [-0.05, 0) is 78.8 Å². The highest BCUT2D eigenvalue weighted by molar-refractivity contribution is 9.10. The molecule has 2 aromatic rings. The molecule has 5 rings (SSSR count). The molecule has 3 aliphatic rings. The molecule has 0 radical (unpaired) electrons. The molecule has 11 nitrogen and oxygen atoms in total. The van der Waals surface area contributed by atoms with Crippen molar-refractivity contribution in [2.45, 2.75) is 63.7 Å². The van der Waals surface area contributed by atoms with Crippen molar-refractivity contribution < 1.29 is 27.9 Å². The number of piperidine rings is 1. The van der Waals surface area contributed by atoms with E-state index >= 15 is 0 Å². The highest BCUT2D eigenvalue weighted by Crippen LogP contribution is 2.30. The van der Waals surface area contributed by atoms with Gasteiger partial charge >= 0.3 is 12.1 Å². The van der Waals surface area contributed by atoms with E-state index in [1.165, 1.54) is 44.5 Å². The lowest BCUT2D eigenvalue weighted by molar-refractivity contribution is -0.192. The summed E-state index contributed by atoms with van der Waals surface area (Å²) in [4.78, 5) is 38.3. The fraction of sp³-hybridized carbons (Fsp3) is 0.594. The van der Waals surface area contributed by atoms with Gasteiger partial charge in [-0.3, -0.25) is 20.1 Å². The number of carboxylic acids is 1. The minimum absolute atomic E-state index is 0.0834. The van der Waals surface area contributed by atoms with Gasteiger partial charge in [0.25, 0.3) is 5.91 Å². The number of carbonyl (C=O) groups excluding carboxylic acids is 1. The summed E-state index contributed by atoms with van der Waals surface area (Å²) in [7, 11) is 2.24. The van der Waals surface area contributed by atoms with Gasteiger partial charge in [0, 0.05) is 57.6 Å². The van der Waals surface area contributed by atoms with Crippen molar-refractivity contribution in [3.63, 3.8) is 0 Å². The number of rotatable bonds is 8. The van der Waals surface area contributed by atoms with E-state index in [-0.39, 0.29) is 17.8 Å². The number of hydrazine groups is 1. The van der Waals surface area contributed by atoms with E-state index in [0.29, 0.717) is 15.9 Å². The lowest BCUT2D eigenvalue weighted by Crippen LogP contribution is -2.50. The molecule has 2 aliphatic heterocycles. The van der Waals surface area contributed by atoms with Gasteiger partial charge in [-0.2, -0.15) is 23.4 Å². The van der Waals surface area contributed by atoms with Crippen LogP contribution >= 0.6 is 15.9 Å². The average Bonchev–Trinajstić information content (AvgIpc) is 3.05. The third kappa shape index (κ3) is 11.1. The first-order valence-electron chi connectivity index (χ1n) is 16.0. The highest BCUT2D eigenvalue weighted by atomic mass is 79.9. The molecule has 1 unspecified atom stereocenters. The van der Waals surface area contributed by atoms with E-state index < -0.39 is 12.1 Å². The number of likely N-dealkylation sites (tertiary alicyclic amines) is 1. The monoisotopic (exact) mass is 722 g/mol. The fourth-order valence-electron chi connectivity index (χ4n) is 6.35. The number of piperazine rings is 1. The number of nitrogens with one attached hydrogen (secondary N) is 1. The summed E-state index contributed by atoms with van der Waals surface area (Å²) in [6.07, 6.45) is 4.50. The maximum absolute atomic E-state index is 13.4. The Morgan fingerprint density at radius 3 is 2.28 bits per heavy atom. The second-order valence-electron chi connectivity index (χ2n) is 12.4. The van der Waals surface area contributed by atoms with Crippen molar-refractivity contribution >= 4 is 33.6 Å². The van der Waals surface area contributed by atoms with E-state index in [9.17, 15) is 23.2 Å². The van der Waals surface area contributed by atoms with Crippen LogP contribution in [0.5, 0.6) is 0 Å². The minimum Gasteiger partial charge on any atom is -0.475 e. The Labute approximate surface area is 281 Å². The van der Waals surface area contributed by atoms with E-state index in [2.05, 4.69) is 65.2 Å². The molecule has 2 N–H and O–H groups in total. The Morgan fingerprint density at radius 2 is 1.68 bits per heavy atom. The molecule has 1 saturated carbocycles. The van der Waals surface area contributed by atoms with E-state index in [1.54, 1.807) is 6.20 Å². The number of halogens is 4. The highest BCUT2D eigenvalue weighted by Gasteiger charge is 2.38. The zero-order valence-electron chi connectivity index (χ0n) is 26.6. The molecule has 2 saturated heterocycles. The van der Waals surface area contributed by atoms with Crippen molar-refractivity contribution in [2.24, 2.45) is 5.92 Å². The lowest BCUT2D eigenvalue weighted by atomic mass is 9.95. The number of hydrogen-bond acceptors (Lipinski definition) is 9. The number of benzene rings is 1. The molecular weight excluding hydrogens is 681 g/mol. The van der Waals surface area contributed by atoms with Gasteiger partial charge in [0.15, 0.2) is 5.82 Å². The number of nitrogens with zero attached hydrogens (tertiary/aromatic N) is 7. The average molecular weight is 724 g/mol. The maximum atomic E-state index is 13.4. The quantitative estimate of drug-likeness (QED) is 0.371. The van der Waals surface area contributed by atoms with Crippen molar-refractivity contribution in [3.8, 4) is 6.07 Å². The Hall–Kier alpha value is -3.32. The Kier molecular flexibility index (Phi) is 13.4. The normalized spacial score (nSPS) is 20.0. The third-order valence-corrected chi connectivity index (χ3v) is 9.34. The predicted molar refractivity (Wildman–Crippen MR) is 173 cm³/mol. The van der Waals surface area contributed by atoms with Crippen molar-refractivity contribution in [1.29, 1.82) is 5.26 Å². The molecule has 0 bridgehead atoms. The number of carboxylic acid groups (broad SMARTS) is 1. The molecule has 1 amide bonds. The summed E-state index contributed by atoms with van der Waals surface area (Å²) >= 11 is 3.52. The molecule has 0 spiro atoms. The smallest absolute Gasteiger partial charge is 0.475 e. The lowest BCUT2D eigenvalue weighted by Gasteiger charge is -2.38. The summed E-state index contributed by atoms with van der Waals surface area (Å²) in [5.41, 5.74) is 4.93. The first-order chi connectivity index (χ1) is 22.4. The molecule has 1 aliphatic carbocycles. The van der Waals surface area contributed by atoms with Crippen molar-refractivity contribution in [1.82, 2.24) is 30.1 Å². The molecule has 47 heavy (non-hydrogen) atoms. The maximum Gasteiger partial charge on any atom is 0.490 e. The first-order valence-corrected chi connectivity index (χ1v) is 16.8. The number of hydrogen-bond donors (Lipinski definition) is 2. The van der Waals surface area contributed by atoms with Crippen LogP contribution in [-0.4, -0.2) is 107 Å². The summed E-state index contributed by atoms with van der Waals surface area (Å²) in [5, 5.41) is 18.3.